The van der Waals surface area contributed by atoms with Crippen LogP contribution in [0.2, 0.25) is 5.02 Å². The van der Waals surface area contributed by atoms with Crippen molar-refractivity contribution in [1.82, 2.24) is 4.72 Å². The molecule has 11 heteroatoms. The lowest BCUT2D eigenvalue weighted by molar-refractivity contribution is -0.117. The van der Waals surface area contributed by atoms with Gasteiger partial charge in [-0.25, -0.2) is 8.42 Å². The van der Waals surface area contributed by atoms with E-state index in [1.165, 1.54) is 44.2 Å². The zero-order chi connectivity index (χ0) is 24.0. The molecule has 2 aromatic rings. The quantitative estimate of drug-likeness (QED) is 0.491. The molecule has 9 nitrogen and oxygen atoms in total. The van der Waals surface area contributed by atoms with Gasteiger partial charge in [0.05, 0.1) is 22.7 Å². The van der Waals surface area contributed by atoms with Crippen molar-refractivity contribution in [3.63, 3.8) is 0 Å². The molecule has 2 amide bonds. The fourth-order valence-electron chi connectivity index (χ4n) is 3.20. The Labute approximate surface area is 197 Å². The predicted octanol–water partition coefficient (Wildman–Crippen LogP) is 3.16. The van der Waals surface area contributed by atoms with Gasteiger partial charge in [0.1, 0.15) is 12.4 Å². The van der Waals surface area contributed by atoms with Gasteiger partial charge in [-0.1, -0.05) is 11.6 Å². The molecule has 1 saturated heterocycles. The van der Waals surface area contributed by atoms with Crippen molar-refractivity contribution in [2.24, 2.45) is 0 Å². The van der Waals surface area contributed by atoms with Crippen molar-refractivity contribution in [3.8, 4) is 5.75 Å². The first-order chi connectivity index (χ1) is 15.6. The van der Waals surface area contributed by atoms with Crippen molar-refractivity contribution >= 4 is 44.8 Å². The summed E-state index contributed by atoms with van der Waals surface area (Å²) in [6, 6.07) is 9.33. The number of sulfonamides is 1. The van der Waals surface area contributed by atoms with E-state index in [4.69, 9.17) is 21.1 Å². The fraction of sp³-hybridized carbons (Fsp3) is 0.364. The van der Waals surface area contributed by atoms with Crippen molar-refractivity contribution in [1.29, 1.82) is 0 Å². The Morgan fingerprint density at radius 3 is 2.55 bits per heavy atom. The Kier molecular flexibility index (Phi) is 8.30. The van der Waals surface area contributed by atoms with E-state index in [0.29, 0.717) is 35.4 Å². The lowest BCUT2D eigenvalue weighted by atomic mass is 10.2. The molecule has 2 atom stereocenters. The Hall–Kier alpha value is -2.66. The number of hydrogen-bond donors (Lipinski definition) is 3. The minimum atomic E-state index is -3.98. The second-order valence-electron chi connectivity index (χ2n) is 7.62. The molecule has 0 aliphatic carbocycles. The monoisotopic (exact) mass is 495 g/mol. The molecule has 1 aliphatic rings. The summed E-state index contributed by atoms with van der Waals surface area (Å²) in [7, 11) is -3.98. The standard InChI is InChI=1S/C22H26ClN3O6S/c1-14(26-33(29,30)19-8-6-17(7-9-19)24-15(2)27)22(28)25-20-12-16(23)5-10-21(20)32-13-18-4-3-11-31-18/h5-10,12,14,18,26H,3-4,11,13H2,1-2H3,(H,24,27)(H,25,28)/t14-,18?/m0/s1. The summed E-state index contributed by atoms with van der Waals surface area (Å²) < 4.78 is 39.0. The average molecular weight is 496 g/mol. The maximum Gasteiger partial charge on any atom is 0.242 e. The lowest BCUT2D eigenvalue weighted by Gasteiger charge is -2.18. The first kappa shape index (κ1) is 25.0. The number of rotatable bonds is 9. The molecule has 1 fully saturated rings. The van der Waals surface area contributed by atoms with Crippen molar-refractivity contribution in [3.05, 3.63) is 47.5 Å². The highest BCUT2D eigenvalue weighted by Gasteiger charge is 2.23. The van der Waals surface area contributed by atoms with Gasteiger partial charge in [-0.3, -0.25) is 9.59 Å². The number of nitrogens with one attached hydrogen (secondary N) is 3. The molecule has 0 radical (unpaired) electrons. The molecule has 2 aromatic carbocycles. The Balaban J connectivity index is 1.65. The fourth-order valence-corrected chi connectivity index (χ4v) is 4.58. The smallest absolute Gasteiger partial charge is 0.242 e. The number of halogens is 1. The van der Waals surface area contributed by atoms with Crippen LogP contribution in [-0.2, 0) is 24.3 Å². The number of amides is 2. The third-order valence-electron chi connectivity index (χ3n) is 4.86. The largest absolute Gasteiger partial charge is 0.489 e. The summed E-state index contributed by atoms with van der Waals surface area (Å²) in [4.78, 5) is 23.8. The second kappa shape index (κ2) is 11.0. The van der Waals surface area contributed by atoms with Crippen molar-refractivity contribution in [2.75, 3.05) is 23.8 Å². The van der Waals surface area contributed by atoms with E-state index in [-0.39, 0.29) is 16.9 Å². The minimum Gasteiger partial charge on any atom is -0.489 e. The number of carbonyl (C=O) groups excluding carboxylic acids is 2. The van der Waals surface area contributed by atoms with Crippen LogP contribution in [0.25, 0.3) is 0 Å². The summed E-state index contributed by atoms with van der Waals surface area (Å²) in [5.41, 5.74) is 0.792. The number of hydrogen-bond acceptors (Lipinski definition) is 6. The second-order valence-corrected chi connectivity index (χ2v) is 9.77. The molecule has 0 bridgehead atoms. The number of anilines is 2. The molecule has 3 N–H and O–H groups in total. The average Bonchev–Trinajstić information content (AvgIpc) is 3.26. The van der Waals surface area contributed by atoms with Gasteiger partial charge in [0.2, 0.25) is 21.8 Å². The molecule has 1 aliphatic heterocycles. The van der Waals surface area contributed by atoms with Crippen LogP contribution in [0, 0.1) is 0 Å². The van der Waals surface area contributed by atoms with Gasteiger partial charge in [0.25, 0.3) is 0 Å². The Bertz CT molecular complexity index is 1100. The van der Waals surface area contributed by atoms with Crippen LogP contribution in [0.3, 0.4) is 0 Å². The number of benzene rings is 2. The molecule has 0 spiro atoms. The van der Waals surface area contributed by atoms with E-state index < -0.39 is 22.0 Å². The van der Waals surface area contributed by atoms with Crippen molar-refractivity contribution in [2.45, 2.75) is 43.7 Å². The number of carbonyl (C=O) groups is 2. The maximum atomic E-state index is 12.7. The van der Waals surface area contributed by atoms with Gasteiger partial charge < -0.3 is 20.1 Å². The molecule has 1 unspecified atom stereocenters. The van der Waals surface area contributed by atoms with E-state index in [2.05, 4.69) is 15.4 Å². The highest BCUT2D eigenvalue weighted by molar-refractivity contribution is 7.89. The molecule has 3 rings (SSSR count). The van der Waals surface area contributed by atoms with Crippen LogP contribution in [0.1, 0.15) is 26.7 Å². The zero-order valence-electron chi connectivity index (χ0n) is 18.3. The summed E-state index contributed by atoms with van der Waals surface area (Å²) in [6.07, 6.45) is 1.87. The van der Waals surface area contributed by atoms with E-state index in [1.807, 2.05) is 0 Å². The van der Waals surface area contributed by atoms with E-state index in [0.717, 1.165) is 12.8 Å². The van der Waals surface area contributed by atoms with Crippen LogP contribution >= 0.6 is 11.6 Å². The molecule has 0 aromatic heterocycles. The third kappa shape index (κ3) is 7.16. The van der Waals surface area contributed by atoms with Crippen LogP contribution < -0.4 is 20.1 Å². The van der Waals surface area contributed by atoms with E-state index >= 15 is 0 Å². The van der Waals surface area contributed by atoms with E-state index in [9.17, 15) is 18.0 Å². The maximum absolute atomic E-state index is 12.7. The zero-order valence-corrected chi connectivity index (χ0v) is 19.8. The SMILES string of the molecule is CC(=O)Nc1ccc(S(=O)(=O)N[C@@H](C)C(=O)Nc2cc(Cl)ccc2OCC2CCCO2)cc1. The van der Waals surface area contributed by atoms with Crippen LogP contribution in [0.5, 0.6) is 5.75 Å². The van der Waals surface area contributed by atoms with Gasteiger partial charge in [-0.2, -0.15) is 4.72 Å². The Morgan fingerprint density at radius 2 is 1.91 bits per heavy atom. The first-order valence-corrected chi connectivity index (χ1v) is 12.2. The summed E-state index contributed by atoms with van der Waals surface area (Å²) in [6.45, 7) is 3.81. The highest BCUT2D eigenvalue weighted by Crippen LogP contribution is 2.29. The van der Waals surface area contributed by atoms with Crippen LogP contribution in [-0.4, -0.2) is 45.6 Å². The van der Waals surface area contributed by atoms with Crippen LogP contribution in [0.4, 0.5) is 11.4 Å². The van der Waals surface area contributed by atoms with Crippen molar-refractivity contribution < 1.29 is 27.5 Å². The lowest BCUT2D eigenvalue weighted by Crippen LogP contribution is -2.41. The minimum absolute atomic E-state index is 0.00741. The topological polar surface area (TPSA) is 123 Å². The van der Waals surface area contributed by atoms with Gasteiger partial charge in [0, 0.05) is 24.2 Å². The first-order valence-electron chi connectivity index (χ1n) is 10.4. The Morgan fingerprint density at radius 1 is 1.18 bits per heavy atom. The molecular formula is C22H26ClN3O6S. The molecule has 1 heterocycles. The number of ether oxygens (including phenoxy) is 2. The molecule has 33 heavy (non-hydrogen) atoms. The summed E-state index contributed by atoms with van der Waals surface area (Å²) in [5, 5.41) is 5.62. The highest BCUT2D eigenvalue weighted by atomic mass is 35.5. The van der Waals surface area contributed by atoms with Gasteiger partial charge in [-0.05, 0) is 62.2 Å². The third-order valence-corrected chi connectivity index (χ3v) is 6.65. The van der Waals surface area contributed by atoms with Gasteiger partial charge in [-0.15, -0.1) is 0 Å². The van der Waals surface area contributed by atoms with E-state index in [1.54, 1.807) is 12.1 Å². The van der Waals surface area contributed by atoms with Gasteiger partial charge in [0.15, 0.2) is 0 Å². The normalized spacial score (nSPS) is 16.8. The molecular weight excluding hydrogens is 470 g/mol. The predicted molar refractivity (Wildman–Crippen MR) is 125 cm³/mol. The molecule has 178 valence electrons. The summed E-state index contributed by atoms with van der Waals surface area (Å²) >= 11 is 6.07. The van der Waals surface area contributed by atoms with Gasteiger partial charge >= 0.3 is 0 Å². The summed E-state index contributed by atoms with van der Waals surface area (Å²) in [5.74, 6) is -0.446. The molecule has 0 saturated carbocycles. The van der Waals surface area contributed by atoms with Crippen LogP contribution in [0.15, 0.2) is 47.4 Å².